The molecule has 0 amide bonds. The second-order valence-corrected chi connectivity index (χ2v) is 7.83. The van der Waals surface area contributed by atoms with Crippen LogP contribution in [0.25, 0.3) is 22.6 Å². The van der Waals surface area contributed by atoms with Gasteiger partial charge in [0.05, 0.1) is 12.8 Å². The van der Waals surface area contributed by atoms with Crippen LogP contribution in [0.4, 0.5) is 0 Å². The maximum Gasteiger partial charge on any atom is 0.160 e. The Morgan fingerprint density at radius 1 is 1.09 bits per heavy atom. The number of nitrogen functional groups attached to an aromatic ring is 1. The number of nitrogens with one attached hydrogen (secondary N) is 1. The summed E-state index contributed by atoms with van der Waals surface area (Å²) >= 11 is 0. The molecular formula is C25H30N6O. The number of hydrogen-bond donors (Lipinski definition) is 3. The average molecular weight is 431 g/mol. The van der Waals surface area contributed by atoms with E-state index >= 15 is 0 Å². The van der Waals surface area contributed by atoms with Gasteiger partial charge in [0.1, 0.15) is 17.4 Å². The molecule has 166 valence electrons. The molecule has 7 nitrogen and oxygen atoms in total. The van der Waals surface area contributed by atoms with Crippen molar-refractivity contribution < 1.29 is 4.74 Å². The number of methoxy groups -OCH3 is 1. The van der Waals surface area contributed by atoms with Gasteiger partial charge in [0.2, 0.25) is 0 Å². The summed E-state index contributed by atoms with van der Waals surface area (Å²) in [6, 6.07) is 13.5. The third kappa shape index (κ3) is 5.11. The standard InChI is InChI=1S/C25H30N6O/c1-5-6-16-7-9-18(20(13-16)23(26)27)25-29-12-11-21(31-25)19-10-8-17(14-22(19)32-4)24(28)30-15(2)3/h7-15H,5-6H2,1-4H3,(H3,26,27)(H2,28,30). The highest BCUT2D eigenvalue weighted by Gasteiger charge is 2.15. The van der Waals surface area contributed by atoms with Crippen LogP contribution in [0.3, 0.4) is 0 Å². The van der Waals surface area contributed by atoms with E-state index in [2.05, 4.69) is 16.9 Å². The van der Waals surface area contributed by atoms with Crippen LogP contribution in [-0.4, -0.2) is 34.8 Å². The minimum atomic E-state index is -0.00574. The molecule has 1 heterocycles. The van der Waals surface area contributed by atoms with Crippen molar-refractivity contribution in [2.75, 3.05) is 7.11 Å². The van der Waals surface area contributed by atoms with Crippen LogP contribution < -0.4 is 16.2 Å². The number of benzene rings is 2. The molecule has 32 heavy (non-hydrogen) atoms. The molecule has 0 bridgehead atoms. The maximum atomic E-state index is 8.03. The van der Waals surface area contributed by atoms with E-state index in [-0.39, 0.29) is 11.9 Å². The topological polar surface area (TPSA) is 123 Å². The number of aliphatic imine (C=N–C) groups is 1. The van der Waals surface area contributed by atoms with Gasteiger partial charge in [-0.3, -0.25) is 10.4 Å². The van der Waals surface area contributed by atoms with Crippen LogP contribution in [0.5, 0.6) is 5.75 Å². The highest BCUT2D eigenvalue weighted by Crippen LogP contribution is 2.31. The molecule has 7 heteroatoms. The Balaban J connectivity index is 2.06. The first kappa shape index (κ1) is 22.9. The van der Waals surface area contributed by atoms with E-state index in [1.807, 2.05) is 56.3 Å². The molecule has 3 aromatic rings. The van der Waals surface area contributed by atoms with Crippen molar-refractivity contribution >= 4 is 11.7 Å². The van der Waals surface area contributed by atoms with Crippen LogP contribution in [0.1, 0.15) is 43.9 Å². The molecule has 0 aliphatic carbocycles. The van der Waals surface area contributed by atoms with Crippen molar-refractivity contribution in [2.24, 2.45) is 16.5 Å². The molecule has 1 aromatic heterocycles. The van der Waals surface area contributed by atoms with Crippen molar-refractivity contribution in [2.45, 2.75) is 39.7 Å². The predicted molar refractivity (Wildman–Crippen MR) is 130 cm³/mol. The Labute approximate surface area is 189 Å². The fourth-order valence-corrected chi connectivity index (χ4v) is 3.51. The lowest BCUT2D eigenvalue weighted by Gasteiger charge is -2.13. The van der Waals surface area contributed by atoms with Gasteiger partial charge >= 0.3 is 0 Å². The Morgan fingerprint density at radius 3 is 2.50 bits per heavy atom. The van der Waals surface area contributed by atoms with Crippen molar-refractivity contribution in [3.05, 3.63) is 65.4 Å². The molecule has 0 radical (unpaired) electrons. The summed E-state index contributed by atoms with van der Waals surface area (Å²) in [5, 5.41) is 8.03. The van der Waals surface area contributed by atoms with Gasteiger partial charge < -0.3 is 16.2 Å². The van der Waals surface area contributed by atoms with Crippen molar-refractivity contribution in [3.8, 4) is 28.4 Å². The summed E-state index contributed by atoms with van der Waals surface area (Å²) in [5.41, 5.74) is 16.8. The van der Waals surface area contributed by atoms with Gasteiger partial charge in [-0.15, -0.1) is 0 Å². The van der Waals surface area contributed by atoms with E-state index in [1.165, 1.54) is 0 Å². The first-order valence-corrected chi connectivity index (χ1v) is 10.7. The third-order valence-electron chi connectivity index (χ3n) is 4.98. The van der Waals surface area contributed by atoms with E-state index in [9.17, 15) is 0 Å². The van der Waals surface area contributed by atoms with E-state index in [1.54, 1.807) is 13.3 Å². The second-order valence-electron chi connectivity index (χ2n) is 7.83. The zero-order valence-corrected chi connectivity index (χ0v) is 19.0. The average Bonchev–Trinajstić information content (AvgIpc) is 2.78. The van der Waals surface area contributed by atoms with Gasteiger partial charge in [-0.05, 0) is 50.1 Å². The van der Waals surface area contributed by atoms with E-state index < -0.39 is 0 Å². The predicted octanol–water partition coefficient (Wildman–Crippen LogP) is 4.17. The number of hydrogen-bond acceptors (Lipinski definition) is 5. The fraction of sp³-hybridized carbons (Fsp3) is 0.280. The van der Waals surface area contributed by atoms with E-state index in [4.69, 9.17) is 26.6 Å². The summed E-state index contributed by atoms with van der Waals surface area (Å²) < 4.78 is 5.62. The smallest absolute Gasteiger partial charge is 0.160 e. The van der Waals surface area contributed by atoms with Gasteiger partial charge in [-0.2, -0.15) is 0 Å². The summed E-state index contributed by atoms with van der Waals surface area (Å²) in [5.74, 6) is 1.60. The van der Waals surface area contributed by atoms with Gasteiger partial charge in [0.25, 0.3) is 0 Å². The minimum Gasteiger partial charge on any atom is -0.496 e. The third-order valence-corrected chi connectivity index (χ3v) is 4.98. The van der Waals surface area contributed by atoms with Crippen LogP contribution in [0.2, 0.25) is 0 Å². The number of nitrogens with two attached hydrogens (primary N) is 2. The van der Waals surface area contributed by atoms with Crippen molar-refractivity contribution in [1.29, 1.82) is 5.41 Å². The Bertz CT molecular complexity index is 1150. The Kier molecular flexibility index (Phi) is 7.20. The first-order valence-electron chi connectivity index (χ1n) is 10.7. The molecule has 0 unspecified atom stereocenters. The van der Waals surface area contributed by atoms with Gasteiger partial charge in [-0.1, -0.05) is 31.5 Å². The SMILES string of the molecule is CCCc1ccc(-c2nccc(-c3ccc(C(N)=NC(C)C)cc3OC)n2)c(C(=N)N)c1. The minimum absolute atomic E-state index is 0.00574. The monoisotopic (exact) mass is 430 g/mol. The lowest BCUT2D eigenvalue weighted by molar-refractivity contribution is 0.416. The summed E-state index contributed by atoms with van der Waals surface area (Å²) in [4.78, 5) is 13.6. The highest BCUT2D eigenvalue weighted by atomic mass is 16.5. The molecule has 3 rings (SSSR count). The van der Waals surface area contributed by atoms with Gasteiger partial charge in [-0.25, -0.2) is 9.97 Å². The first-order chi connectivity index (χ1) is 15.3. The number of rotatable bonds is 8. The number of nitrogens with zero attached hydrogens (tertiary/aromatic N) is 3. The molecule has 0 atom stereocenters. The largest absolute Gasteiger partial charge is 0.496 e. The normalized spacial score (nSPS) is 11.6. The fourth-order valence-electron chi connectivity index (χ4n) is 3.51. The van der Waals surface area contributed by atoms with Crippen molar-refractivity contribution in [3.63, 3.8) is 0 Å². The summed E-state index contributed by atoms with van der Waals surface area (Å²) in [6.07, 6.45) is 3.64. The molecule has 0 fully saturated rings. The molecular weight excluding hydrogens is 400 g/mol. The maximum absolute atomic E-state index is 8.03. The zero-order chi connectivity index (χ0) is 23.3. The van der Waals surface area contributed by atoms with Crippen LogP contribution >= 0.6 is 0 Å². The number of aryl methyl sites for hydroxylation is 1. The van der Waals surface area contributed by atoms with Crippen LogP contribution in [0, 0.1) is 5.41 Å². The number of amidine groups is 2. The van der Waals surface area contributed by atoms with E-state index in [0.717, 1.165) is 35.1 Å². The molecule has 0 spiro atoms. The Hall–Kier alpha value is -3.74. The molecule has 5 N–H and O–H groups in total. The molecule has 0 saturated carbocycles. The van der Waals surface area contributed by atoms with Crippen LogP contribution in [0.15, 0.2) is 53.7 Å². The van der Waals surface area contributed by atoms with Crippen molar-refractivity contribution in [1.82, 2.24) is 9.97 Å². The quantitative estimate of drug-likeness (QED) is 0.365. The van der Waals surface area contributed by atoms with Crippen LogP contribution in [-0.2, 0) is 6.42 Å². The molecule has 0 saturated heterocycles. The lowest BCUT2D eigenvalue weighted by atomic mass is 9.99. The number of aromatic nitrogens is 2. The molecule has 2 aromatic carbocycles. The molecule has 0 aliphatic rings. The molecule has 0 aliphatic heterocycles. The Morgan fingerprint density at radius 2 is 1.84 bits per heavy atom. The van der Waals surface area contributed by atoms with E-state index in [0.29, 0.717) is 28.7 Å². The second kappa shape index (κ2) is 10.0. The summed E-state index contributed by atoms with van der Waals surface area (Å²) in [7, 11) is 1.61. The highest BCUT2D eigenvalue weighted by molar-refractivity contribution is 6.01. The lowest BCUT2D eigenvalue weighted by Crippen LogP contribution is -2.15. The summed E-state index contributed by atoms with van der Waals surface area (Å²) in [6.45, 7) is 6.07. The van der Waals surface area contributed by atoms with Gasteiger partial charge in [0.15, 0.2) is 5.82 Å². The zero-order valence-electron chi connectivity index (χ0n) is 19.0. The number of ether oxygens (including phenoxy) is 1. The van der Waals surface area contributed by atoms with Gasteiger partial charge in [0, 0.05) is 34.5 Å².